The predicted octanol–water partition coefficient (Wildman–Crippen LogP) is 2.32. The van der Waals surface area contributed by atoms with Crippen molar-refractivity contribution in [3.8, 4) is 5.75 Å². The van der Waals surface area contributed by atoms with Gasteiger partial charge in [0.05, 0.1) is 0 Å². The number of carboxylic acid groups (broad SMARTS) is 1. The highest BCUT2D eigenvalue weighted by atomic mass is 16.5. The molecule has 0 atom stereocenters. The van der Waals surface area contributed by atoms with Gasteiger partial charge in [-0.15, -0.1) is 0 Å². The fourth-order valence-electron chi connectivity index (χ4n) is 1.76. The summed E-state index contributed by atoms with van der Waals surface area (Å²) in [6.45, 7) is 0.284. The summed E-state index contributed by atoms with van der Waals surface area (Å²) in [6.07, 6.45) is 2.45. The first-order valence-corrected chi connectivity index (χ1v) is 5.14. The van der Waals surface area contributed by atoms with Crippen molar-refractivity contribution in [1.82, 2.24) is 0 Å². The molecule has 0 aliphatic heterocycles. The second-order valence-electron chi connectivity index (χ2n) is 4.04. The van der Waals surface area contributed by atoms with Gasteiger partial charge in [-0.05, 0) is 25.0 Å². The Balaban J connectivity index is 1.95. The van der Waals surface area contributed by atoms with Gasteiger partial charge in [0.2, 0.25) is 0 Å². The molecule has 0 spiro atoms. The topological polar surface area (TPSA) is 46.5 Å². The number of rotatable bonds is 4. The van der Waals surface area contributed by atoms with E-state index in [0.29, 0.717) is 0 Å². The van der Waals surface area contributed by atoms with Gasteiger partial charge in [0.15, 0.2) is 0 Å². The van der Waals surface area contributed by atoms with E-state index < -0.39 is 11.4 Å². The molecule has 0 heterocycles. The third-order valence-corrected chi connectivity index (χ3v) is 3.02. The van der Waals surface area contributed by atoms with E-state index in [9.17, 15) is 4.79 Å². The molecule has 1 aromatic rings. The van der Waals surface area contributed by atoms with E-state index >= 15 is 0 Å². The van der Waals surface area contributed by atoms with Crippen LogP contribution >= 0.6 is 0 Å². The lowest BCUT2D eigenvalue weighted by Gasteiger charge is -2.36. The van der Waals surface area contributed by atoms with Gasteiger partial charge in [-0.1, -0.05) is 24.6 Å². The number of aliphatic carboxylic acids is 1. The summed E-state index contributed by atoms with van der Waals surface area (Å²) in [5.41, 5.74) is -0.629. The van der Waals surface area contributed by atoms with Crippen LogP contribution in [0.2, 0.25) is 0 Å². The summed E-state index contributed by atoms with van der Waals surface area (Å²) in [7, 11) is 0. The van der Waals surface area contributed by atoms with E-state index in [-0.39, 0.29) is 6.61 Å². The smallest absolute Gasteiger partial charge is 0.313 e. The molecule has 1 aliphatic rings. The molecule has 1 aliphatic carbocycles. The zero-order chi connectivity index (χ0) is 10.7. The fourth-order valence-corrected chi connectivity index (χ4v) is 1.76. The Morgan fingerprint density at radius 3 is 2.47 bits per heavy atom. The molecule has 1 fully saturated rings. The maximum Gasteiger partial charge on any atom is 0.313 e. The van der Waals surface area contributed by atoms with Gasteiger partial charge < -0.3 is 9.84 Å². The number of carbonyl (C=O) groups is 1. The van der Waals surface area contributed by atoms with Gasteiger partial charge in [-0.3, -0.25) is 4.79 Å². The fraction of sp³-hybridized carbons (Fsp3) is 0.417. The lowest BCUT2D eigenvalue weighted by molar-refractivity contribution is -0.157. The van der Waals surface area contributed by atoms with Crippen molar-refractivity contribution >= 4 is 5.97 Å². The monoisotopic (exact) mass is 206 g/mol. The SMILES string of the molecule is O=C(O)C1(COc2ccccc2)CCC1. The molecule has 80 valence electrons. The van der Waals surface area contributed by atoms with Gasteiger partial charge in [0.1, 0.15) is 17.8 Å². The molecule has 15 heavy (non-hydrogen) atoms. The quantitative estimate of drug-likeness (QED) is 0.822. The molecule has 3 nitrogen and oxygen atoms in total. The van der Waals surface area contributed by atoms with Crippen molar-refractivity contribution in [3.63, 3.8) is 0 Å². The Morgan fingerprint density at radius 1 is 1.33 bits per heavy atom. The highest BCUT2D eigenvalue weighted by Crippen LogP contribution is 2.41. The Hall–Kier alpha value is -1.51. The maximum absolute atomic E-state index is 11.0. The molecule has 1 saturated carbocycles. The Labute approximate surface area is 88.7 Å². The standard InChI is InChI=1S/C12H14O3/c13-11(14)12(7-4-8-12)9-15-10-5-2-1-3-6-10/h1-3,5-6H,4,7-9H2,(H,13,14). The lowest BCUT2D eigenvalue weighted by Crippen LogP contribution is -2.43. The van der Waals surface area contributed by atoms with Crippen molar-refractivity contribution in [1.29, 1.82) is 0 Å². The van der Waals surface area contributed by atoms with Crippen molar-refractivity contribution in [2.45, 2.75) is 19.3 Å². The number of para-hydroxylation sites is 1. The van der Waals surface area contributed by atoms with Crippen LogP contribution in [0, 0.1) is 5.41 Å². The zero-order valence-corrected chi connectivity index (χ0v) is 8.48. The number of benzene rings is 1. The normalized spacial score (nSPS) is 17.9. The summed E-state index contributed by atoms with van der Waals surface area (Å²) in [5.74, 6) is 0.00899. The summed E-state index contributed by atoms with van der Waals surface area (Å²) in [4.78, 5) is 11.0. The van der Waals surface area contributed by atoms with Gasteiger partial charge in [0, 0.05) is 0 Å². The van der Waals surface area contributed by atoms with Crippen molar-refractivity contribution in [3.05, 3.63) is 30.3 Å². The molecule has 0 bridgehead atoms. The predicted molar refractivity (Wildman–Crippen MR) is 55.9 cm³/mol. The summed E-state index contributed by atoms with van der Waals surface area (Å²) >= 11 is 0. The highest BCUT2D eigenvalue weighted by molar-refractivity contribution is 5.75. The van der Waals surface area contributed by atoms with Crippen LogP contribution in [0.5, 0.6) is 5.75 Å². The first kappa shape index (κ1) is 10.0. The summed E-state index contributed by atoms with van der Waals surface area (Å²) in [6, 6.07) is 9.35. The number of ether oxygens (including phenoxy) is 1. The van der Waals surface area contributed by atoms with Crippen LogP contribution in [0.3, 0.4) is 0 Å². The minimum absolute atomic E-state index is 0.284. The van der Waals surface area contributed by atoms with E-state index in [1.807, 2.05) is 30.3 Å². The minimum atomic E-state index is -0.732. The van der Waals surface area contributed by atoms with E-state index in [1.54, 1.807) is 0 Å². The third-order valence-electron chi connectivity index (χ3n) is 3.02. The molecule has 0 aromatic heterocycles. The van der Waals surface area contributed by atoms with Crippen LogP contribution in [0.1, 0.15) is 19.3 Å². The van der Waals surface area contributed by atoms with E-state index in [0.717, 1.165) is 25.0 Å². The largest absolute Gasteiger partial charge is 0.492 e. The second-order valence-corrected chi connectivity index (χ2v) is 4.04. The van der Waals surface area contributed by atoms with Gasteiger partial charge in [-0.25, -0.2) is 0 Å². The van der Waals surface area contributed by atoms with Crippen LogP contribution in [-0.4, -0.2) is 17.7 Å². The van der Waals surface area contributed by atoms with Crippen LogP contribution in [0.15, 0.2) is 30.3 Å². The number of hydrogen-bond donors (Lipinski definition) is 1. The van der Waals surface area contributed by atoms with E-state index in [2.05, 4.69) is 0 Å². The number of carboxylic acids is 1. The molecule has 0 radical (unpaired) electrons. The average Bonchev–Trinajstić information content (AvgIpc) is 2.17. The molecule has 2 rings (SSSR count). The van der Waals surface area contributed by atoms with Gasteiger partial charge in [0.25, 0.3) is 0 Å². The zero-order valence-electron chi connectivity index (χ0n) is 8.48. The average molecular weight is 206 g/mol. The molecular weight excluding hydrogens is 192 g/mol. The Morgan fingerprint density at radius 2 is 2.00 bits per heavy atom. The molecule has 1 aromatic carbocycles. The van der Waals surface area contributed by atoms with Crippen molar-refractivity contribution in [2.24, 2.45) is 5.41 Å². The van der Waals surface area contributed by atoms with E-state index in [1.165, 1.54) is 0 Å². The first-order valence-electron chi connectivity index (χ1n) is 5.14. The molecule has 0 unspecified atom stereocenters. The van der Waals surface area contributed by atoms with E-state index in [4.69, 9.17) is 9.84 Å². The molecular formula is C12H14O3. The maximum atomic E-state index is 11.0. The van der Waals surface area contributed by atoms with Crippen LogP contribution in [0.4, 0.5) is 0 Å². The third kappa shape index (κ3) is 1.96. The van der Waals surface area contributed by atoms with Crippen LogP contribution in [-0.2, 0) is 4.79 Å². The lowest BCUT2D eigenvalue weighted by atomic mass is 9.69. The van der Waals surface area contributed by atoms with Crippen molar-refractivity contribution in [2.75, 3.05) is 6.61 Å². The summed E-state index contributed by atoms with van der Waals surface area (Å²) in [5, 5.41) is 9.08. The van der Waals surface area contributed by atoms with Crippen molar-refractivity contribution < 1.29 is 14.6 Å². The first-order chi connectivity index (χ1) is 7.23. The minimum Gasteiger partial charge on any atom is -0.492 e. The van der Waals surface area contributed by atoms with Gasteiger partial charge >= 0.3 is 5.97 Å². The second kappa shape index (κ2) is 3.93. The molecule has 1 N–H and O–H groups in total. The summed E-state index contributed by atoms with van der Waals surface area (Å²) < 4.78 is 5.49. The Kier molecular flexibility index (Phi) is 2.62. The molecule has 3 heteroatoms. The van der Waals surface area contributed by atoms with Crippen LogP contribution < -0.4 is 4.74 Å². The highest BCUT2D eigenvalue weighted by Gasteiger charge is 2.45. The Bertz CT molecular complexity index is 341. The molecule has 0 amide bonds. The van der Waals surface area contributed by atoms with Gasteiger partial charge in [-0.2, -0.15) is 0 Å². The molecule has 0 saturated heterocycles. The van der Waals surface area contributed by atoms with Crippen LogP contribution in [0.25, 0.3) is 0 Å². The number of hydrogen-bond acceptors (Lipinski definition) is 2.